The quantitative estimate of drug-likeness (QED) is 0.524. The Labute approximate surface area is 101 Å². The van der Waals surface area contributed by atoms with E-state index in [4.69, 9.17) is 5.11 Å². The van der Waals surface area contributed by atoms with Gasteiger partial charge in [-0.15, -0.1) is 0 Å². The van der Waals surface area contributed by atoms with E-state index < -0.39 is 42.7 Å². The molecule has 2 aliphatic heterocycles. The number of β-lactam (4-membered cyclic amide) rings is 1. The summed E-state index contributed by atoms with van der Waals surface area (Å²) in [5.74, 6) is -1.77. The lowest BCUT2D eigenvalue weighted by Crippen LogP contribution is -2.64. The number of fused-ring (bicyclic) bond motifs is 1. The van der Waals surface area contributed by atoms with Crippen molar-refractivity contribution in [2.24, 2.45) is 0 Å². The second kappa shape index (κ2) is 2.98. The van der Waals surface area contributed by atoms with Crippen LogP contribution >= 0.6 is 15.9 Å². The predicted octanol–water partition coefficient (Wildman–Crippen LogP) is -0.422. The molecule has 1 amide bonds. The number of aliphatic carboxylic acids is 1. The SMILES string of the molecule is CC1(C)[C@H](C(=O)O)N2C(=O)C(Br)[C@H]2S1(=O)=O. The van der Waals surface area contributed by atoms with Crippen LogP contribution in [0, 0.1) is 0 Å². The van der Waals surface area contributed by atoms with E-state index >= 15 is 0 Å². The summed E-state index contributed by atoms with van der Waals surface area (Å²) in [6.45, 7) is 2.68. The summed E-state index contributed by atoms with van der Waals surface area (Å²) in [5, 5.41) is 7.99. The molecular weight excluding hydrogens is 302 g/mol. The van der Waals surface area contributed by atoms with Gasteiger partial charge in [0.1, 0.15) is 15.6 Å². The van der Waals surface area contributed by atoms with Crippen molar-refractivity contribution in [3.63, 3.8) is 0 Å². The molecule has 8 heteroatoms. The van der Waals surface area contributed by atoms with Crippen molar-refractivity contribution in [2.45, 2.75) is 34.8 Å². The number of carboxylic acids is 1. The number of rotatable bonds is 1. The van der Waals surface area contributed by atoms with E-state index in [9.17, 15) is 18.0 Å². The van der Waals surface area contributed by atoms with Crippen LogP contribution < -0.4 is 0 Å². The number of alkyl halides is 1. The third-order valence-corrected chi connectivity index (χ3v) is 7.30. The molecule has 0 aromatic carbocycles. The summed E-state index contributed by atoms with van der Waals surface area (Å²) in [7, 11) is -3.66. The third-order valence-electron chi connectivity index (χ3n) is 3.24. The molecular formula is C8H10BrNO5S. The highest BCUT2D eigenvalue weighted by Crippen LogP contribution is 2.48. The number of carboxylic acid groups (broad SMARTS) is 1. The van der Waals surface area contributed by atoms with Gasteiger partial charge in [0, 0.05) is 0 Å². The third kappa shape index (κ3) is 1.04. The van der Waals surface area contributed by atoms with Crippen LogP contribution in [-0.2, 0) is 19.4 Å². The Hall–Kier alpha value is -0.630. The van der Waals surface area contributed by atoms with Crippen molar-refractivity contribution in [3.8, 4) is 0 Å². The first-order chi connectivity index (χ1) is 7.14. The van der Waals surface area contributed by atoms with Gasteiger partial charge in [-0.05, 0) is 13.8 Å². The fourth-order valence-electron chi connectivity index (χ4n) is 2.25. The molecule has 0 aliphatic carbocycles. The number of hydrogen-bond donors (Lipinski definition) is 1. The minimum absolute atomic E-state index is 0.480. The Bertz CT molecular complexity index is 485. The zero-order chi connectivity index (χ0) is 12.5. The molecule has 0 saturated carbocycles. The number of nitrogens with zero attached hydrogens (tertiary/aromatic N) is 1. The first kappa shape index (κ1) is 11.8. The van der Waals surface area contributed by atoms with Gasteiger partial charge in [0.05, 0.1) is 0 Å². The van der Waals surface area contributed by atoms with Crippen LogP contribution in [-0.4, -0.2) is 51.3 Å². The Kier molecular flexibility index (Phi) is 2.20. The summed E-state index contributed by atoms with van der Waals surface area (Å²) < 4.78 is 22.7. The van der Waals surface area contributed by atoms with Gasteiger partial charge in [0.2, 0.25) is 5.91 Å². The monoisotopic (exact) mass is 311 g/mol. The molecule has 2 fully saturated rings. The smallest absolute Gasteiger partial charge is 0.328 e. The Morgan fingerprint density at radius 3 is 2.44 bits per heavy atom. The lowest BCUT2D eigenvalue weighted by atomic mass is 9.98. The maximum absolute atomic E-state index is 12.1. The highest BCUT2D eigenvalue weighted by molar-refractivity contribution is 9.10. The van der Waals surface area contributed by atoms with Gasteiger partial charge >= 0.3 is 5.97 Å². The van der Waals surface area contributed by atoms with Crippen molar-refractivity contribution < 1.29 is 23.1 Å². The Balaban J connectivity index is 2.60. The molecule has 90 valence electrons. The maximum Gasteiger partial charge on any atom is 0.328 e. The van der Waals surface area contributed by atoms with Crippen molar-refractivity contribution in [3.05, 3.63) is 0 Å². The van der Waals surface area contributed by atoms with Crippen LogP contribution in [0.3, 0.4) is 0 Å². The summed E-state index contributed by atoms with van der Waals surface area (Å²) >= 11 is 2.97. The highest BCUT2D eigenvalue weighted by Gasteiger charge is 2.71. The Morgan fingerprint density at radius 1 is 1.50 bits per heavy atom. The molecule has 6 nitrogen and oxygen atoms in total. The molecule has 0 radical (unpaired) electrons. The van der Waals surface area contributed by atoms with Gasteiger partial charge in [-0.3, -0.25) is 4.79 Å². The molecule has 3 atom stereocenters. The normalized spacial score (nSPS) is 39.1. The molecule has 0 bridgehead atoms. The Morgan fingerprint density at radius 2 is 2.00 bits per heavy atom. The van der Waals surface area contributed by atoms with E-state index in [1.165, 1.54) is 13.8 Å². The van der Waals surface area contributed by atoms with Crippen molar-refractivity contribution in [1.82, 2.24) is 4.90 Å². The number of halogens is 1. The first-order valence-electron chi connectivity index (χ1n) is 4.56. The molecule has 2 aliphatic rings. The van der Waals surface area contributed by atoms with Gasteiger partial charge in [-0.25, -0.2) is 13.2 Å². The van der Waals surface area contributed by atoms with Crippen molar-refractivity contribution in [1.29, 1.82) is 0 Å². The molecule has 0 aromatic heterocycles. The van der Waals surface area contributed by atoms with Gasteiger partial charge in [0.15, 0.2) is 15.2 Å². The van der Waals surface area contributed by atoms with Gasteiger partial charge in [-0.1, -0.05) is 15.9 Å². The standard InChI is InChI=1S/C8H10BrNO5S/c1-8(2)4(7(12)13)10-5(11)3(9)6(10)16(8,14)15/h3-4,6H,1-2H3,(H,12,13)/t3?,4-,6+/m0/s1. The van der Waals surface area contributed by atoms with Crippen molar-refractivity contribution >= 4 is 37.6 Å². The second-order valence-electron chi connectivity index (χ2n) is 4.43. The van der Waals surface area contributed by atoms with Gasteiger partial charge < -0.3 is 10.0 Å². The molecule has 2 saturated heterocycles. The molecule has 16 heavy (non-hydrogen) atoms. The molecule has 1 N–H and O–H groups in total. The molecule has 0 aromatic rings. The number of hydrogen-bond acceptors (Lipinski definition) is 4. The zero-order valence-corrected chi connectivity index (χ0v) is 10.9. The number of carbonyl (C=O) groups excluding carboxylic acids is 1. The minimum Gasteiger partial charge on any atom is -0.480 e. The fourth-order valence-corrected chi connectivity index (χ4v) is 5.69. The van der Waals surface area contributed by atoms with E-state index in [2.05, 4.69) is 15.9 Å². The number of sulfone groups is 1. The predicted molar refractivity (Wildman–Crippen MR) is 57.8 cm³/mol. The van der Waals surface area contributed by atoms with Crippen LogP contribution in [0.1, 0.15) is 13.8 Å². The summed E-state index contributed by atoms with van der Waals surface area (Å²) in [6, 6.07) is -1.30. The topological polar surface area (TPSA) is 91.8 Å². The second-order valence-corrected chi connectivity index (χ2v) is 8.04. The number of carbonyl (C=O) groups is 2. The summed E-state index contributed by atoms with van der Waals surface area (Å²) in [6.07, 6.45) is 0. The van der Waals surface area contributed by atoms with E-state index in [0.717, 1.165) is 4.90 Å². The lowest BCUT2D eigenvalue weighted by molar-refractivity contribution is -0.156. The lowest BCUT2D eigenvalue weighted by Gasteiger charge is -2.39. The average molecular weight is 312 g/mol. The highest BCUT2D eigenvalue weighted by atomic mass is 79.9. The van der Waals surface area contributed by atoms with Crippen LogP contribution in [0.4, 0.5) is 0 Å². The largest absolute Gasteiger partial charge is 0.480 e. The summed E-state index contributed by atoms with van der Waals surface area (Å²) in [4.78, 5) is 22.7. The van der Waals surface area contributed by atoms with Gasteiger partial charge in [0.25, 0.3) is 0 Å². The minimum atomic E-state index is -3.66. The molecule has 2 heterocycles. The van der Waals surface area contributed by atoms with E-state index in [0.29, 0.717) is 0 Å². The van der Waals surface area contributed by atoms with Crippen LogP contribution in [0.2, 0.25) is 0 Å². The summed E-state index contributed by atoms with van der Waals surface area (Å²) in [5.41, 5.74) is 0. The van der Waals surface area contributed by atoms with Gasteiger partial charge in [-0.2, -0.15) is 0 Å². The zero-order valence-electron chi connectivity index (χ0n) is 8.55. The average Bonchev–Trinajstić information content (AvgIpc) is 2.28. The van der Waals surface area contributed by atoms with E-state index in [-0.39, 0.29) is 0 Å². The van der Waals surface area contributed by atoms with Crippen LogP contribution in [0.15, 0.2) is 0 Å². The molecule has 1 unspecified atom stereocenters. The molecule has 0 spiro atoms. The first-order valence-corrected chi connectivity index (χ1v) is 7.02. The maximum atomic E-state index is 12.1. The fraction of sp³-hybridized carbons (Fsp3) is 0.750. The van der Waals surface area contributed by atoms with E-state index in [1.54, 1.807) is 0 Å². The molecule has 2 rings (SSSR count). The van der Waals surface area contributed by atoms with E-state index in [1.807, 2.05) is 0 Å². The number of amides is 1. The van der Waals surface area contributed by atoms with Crippen molar-refractivity contribution in [2.75, 3.05) is 0 Å². The van der Waals surface area contributed by atoms with Crippen LogP contribution in [0.5, 0.6) is 0 Å². The van der Waals surface area contributed by atoms with Crippen LogP contribution in [0.25, 0.3) is 0 Å².